The molecule has 14 heteroatoms. The highest BCUT2D eigenvalue weighted by Crippen LogP contribution is 2.76. The summed E-state index contributed by atoms with van der Waals surface area (Å²) in [5.41, 5.74) is -1.38. The molecule has 0 radical (unpaired) electrons. The zero-order chi connectivity index (χ0) is 41.0. The van der Waals surface area contributed by atoms with Crippen LogP contribution in [0, 0.1) is 50.2 Å². The SMILES string of the molecule is CC1(C)CC[C@]2(C(=O)O[C@@H]3O[C@H](CO)[C@@H](O)[C@H](O)[C@H]3O)CC[C@]3(C)C(=CC[C@@H]4[C@@]5(C)CC[C@H](O[C@@H]6O[C@H](CO)[C@@H](O)[C@H](O)[C@H]6O)[C@@](C)(C=O)[C@@H]5CC[C@]43C)[C@@H]2C1. The molecule has 0 spiro atoms. The molecule has 8 N–H and O–H groups in total. The van der Waals surface area contributed by atoms with Gasteiger partial charge in [-0.25, -0.2) is 0 Å². The van der Waals surface area contributed by atoms with Gasteiger partial charge in [-0.1, -0.05) is 53.2 Å². The second-order valence-electron chi connectivity index (χ2n) is 20.3. The first-order valence-corrected chi connectivity index (χ1v) is 20.8. The molecule has 6 fully saturated rings. The predicted octanol–water partition coefficient (Wildman–Crippen LogP) is 1.50. The van der Waals surface area contributed by atoms with Gasteiger partial charge < -0.3 is 64.6 Å². The highest BCUT2D eigenvalue weighted by molar-refractivity contribution is 5.79. The largest absolute Gasteiger partial charge is 0.432 e. The number of rotatable bonds is 7. The third kappa shape index (κ3) is 6.13. The maximum Gasteiger partial charge on any atom is 0.315 e. The third-order valence-corrected chi connectivity index (χ3v) is 17.2. The number of aliphatic hydroxyl groups is 8. The van der Waals surface area contributed by atoms with Crippen LogP contribution in [0.4, 0.5) is 0 Å². The molecule has 0 bridgehead atoms. The van der Waals surface area contributed by atoms with E-state index in [2.05, 4.69) is 40.7 Å². The Morgan fingerprint density at radius 1 is 0.750 bits per heavy atom. The Morgan fingerprint density at radius 3 is 1.95 bits per heavy atom. The molecule has 19 atom stereocenters. The first-order chi connectivity index (χ1) is 26.2. The topological polar surface area (TPSA) is 233 Å². The first kappa shape index (κ1) is 42.6. The lowest BCUT2D eigenvalue weighted by Crippen LogP contribution is -2.67. The van der Waals surface area contributed by atoms with Gasteiger partial charge in [-0.15, -0.1) is 0 Å². The molecular weight excluding hydrogens is 728 g/mol. The van der Waals surface area contributed by atoms with Crippen molar-refractivity contribution in [2.24, 2.45) is 50.2 Å². The molecule has 0 amide bonds. The van der Waals surface area contributed by atoms with Crippen molar-refractivity contribution in [1.82, 2.24) is 0 Å². The summed E-state index contributed by atoms with van der Waals surface area (Å²) in [7, 11) is 0. The van der Waals surface area contributed by atoms with Gasteiger partial charge in [0.1, 0.15) is 55.1 Å². The van der Waals surface area contributed by atoms with Crippen LogP contribution >= 0.6 is 0 Å². The molecule has 2 heterocycles. The maximum absolute atomic E-state index is 14.6. The fourth-order valence-electron chi connectivity index (χ4n) is 13.4. The second kappa shape index (κ2) is 14.6. The summed E-state index contributed by atoms with van der Waals surface area (Å²) in [5, 5.41) is 82.6. The van der Waals surface area contributed by atoms with Crippen molar-refractivity contribution in [1.29, 1.82) is 0 Å². The molecule has 14 nitrogen and oxygen atoms in total. The number of carbonyl (C=O) groups excluding carboxylic acids is 2. The van der Waals surface area contributed by atoms with Crippen LogP contribution in [-0.4, -0.2) is 134 Å². The van der Waals surface area contributed by atoms with Crippen LogP contribution < -0.4 is 0 Å². The quantitative estimate of drug-likeness (QED) is 0.0791. The van der Waals surface area contributed by atoms with E-state index >= 15 is 0 Å². The molecule has 7 rings (SSSR count). The molecule has 4 saturated carbocycles. The van der Waals surface area contributed by atoms with Crippen molar-refractivity contribution in [3.05, 3.63) is 11.6 Å². The molecule has 7 aliphatic rings. The molecule has 56 heavy (non-hydrogen) atoms. The summed E-state index contributed by atoms with van der Waals surface area (Å²) in [6.45, 7) is 12.3. The number of fused-ring (bicyclic) bond motifs is 7. The Labute approximate surface area is 329 Å². The lowest BCUT2D eigenvalue weighted by molar-refractivity contribution is -0.327. The van der Waals surface area contributed by atoms with Crippen molar-refractivity contribution in [3.8, 4) is 0 Å². The molecule has 318 valence electrons. The van der Waals surface area contributed by atoms with E-state index in [9.17, 15) is 50.4 Å². The standard InChI is InChI=1S/C42H66O14/c1-37(2)13-15-42(36(52)56-35-33(51)31(49)29(47)24(19-44)54-35)16-14-40(5)21(22(42)17-37)7-8-26-38(3)11-10-27(39(4,20-45)25(38)9-12-41(26,40)6)55-34-32(50)30(48)28(46)23(18-43)53-34/h7,20,22-35,43-44,46-51H,8-19H2,1-6H3/t22-,23+,24+,25+,26+,27-,28+,29+,30-,31-,32+,33+,34-,35-,38-,39-,40+,41+,42-/m0/s1. The number of ether oxygens (including phenoxy) is 4. The van der Waals surface area contributed by atoms with Gasteiger partial charge in [0.05, 0.1) is 30.1 Å². The minimum absolute atomic E-state index is 0.0524. The highest BCUT2D eigenvalue weighted by atomic mass is 16.7. The lowest BCUT2D eigenvalue weighted by Gasteiger charge is -2.71. The number of aldehydes is 1. The zero-order valence-corrected chi connectivity index (χ0v) is 33.8. The van der Waals surface area contributed by atoms with Crippen molar-refractivity contribution in [3.63, 3.8) is 0 Å². The van der Waals surface area contributed by atoms with Crippen molar-refractivity contribution in [2.75, 3.05) is 13.2 Å². The highest BCUT2D eigenvalue weighted by Gasteiger charge is 2.70. The van der Waals surface area contributed by atoms with Gasteiger partial charge in [-0.2, -0.15) is 0 Å². The molecule has 0 unspecified atom stereocenters. The lowest BCUT2D eigenvalue weighted by atomic mass is 9.33. The molecular formula is C42H66O14. The normalized spacial score (nSPS) is 54.0. The van der Waals surface area contributed by atoms with Crippen LogP contribution in [-0.2, 0) is 28.5 Å². The van der Waals surface area contributed by atoms with Gasteiger partial charge in [0, 0.05) is 0 Å². The monoisotopic (exact) mass is 794 g/mol. The van der Waals surface area contributed by atoms with Crippen LogP contribution in [0.15, 0.2) is 11.6 Å². The minimum atomic E-state index is -1.68. The Bertz CT molecular complexity index is 1530. The summed E-state index contributed by atoms with van der Waals surface area (Å²) in [6, 6.07) is 0. The molecule has 0 aromatic carbocycles. The van der Waals surface area contributed by atoms with Gasteiger partial charge >= 0.3 is 5.97 Å². The van der Waals surface area contributed by atoms with Crippen molar-refractivity contribution < 1.29 is 69.4 Å². The average molecular weight is 795 g/mol. The fraction of sp³-hybridized carbons (Fsp3) is 0.905. The van der Waals surface area contributed by atoms with Crippen LogP contribution in [0.5, 0.6) is 0 Å². The Kier molecular flexibility index (Phi) is 11.1. The summed E-state index contributed by atoms with van der Waals surface area (Å²) < 4.78 is 23.7. The number of esters is 1. The van der Waals surface area contributed by atoms with E-state index in [1.165, 1.54) is 5.57 Å². The van der Waals surface area contributed by atoms with Gasteiger partial charge in [0.25, 0.3) is 0 Å². The van der Waals surface area contributed by atoms with Crippen molar-refractivity contribution >= 4 is 12.3 Å². The van der Waals surface area contributed by atoms with E-state index in [0.717, 1.165) is 51.2 Å². The Hall–Kier alpha value is -1.56. The summed E-state index contributed by atoms with van der Waals surface area (Å²) >= 11 is 0. The maximum atomic E-state index is 14.6. The summed E-state index contributed by atoms with van der Waals surface area (Å²) in [6.07, 6.45) is -5.00. The number of allylic oxidation sites excluding steroid dienone is 2. The summed E-state index contributed by atoms with van der Waals surface area (Å²) in [4.78, 5) is 27.9. The van der Waals surface area contributed by atoms with E-state index in [4.69, 9.17) is 18.9 Å². The molecule has 2 aliphatic heterocycles. The number of hydrogen-bond acceptors (Lipinski definition) is 14. The minimum Gasteiger partial charge on any atom is -0.432 e. The first-order valence-electron chi connectivity index (χ1n) is 20.8. The average Bonchev–Trinajstić information content (AvgIpc) is 3.16. The van der Waals surface area contributed by atoms with E-state index < -0.39 is 97.5 Å². The third-order valence-electron chi connectivity index (χ3n) is 17.2. The number of carbonyl (C=O) groups is 2. The summed E-state index contributed by atoms with van der Waals surface area (Å²) in [5.74, 6) is -0.515. The van der Waals surface area contributed by atoms with E-state index in [-0.39, 0.29) is 39.4 Å². The molecule has 0 aromatic rings. The Morgan fingerprint density at radius 2 is 1.34 bits per heavy atom. The van der Waals surface area contributed by atoms with Gasteiger partial charge in [0.2, 0.25) is 6.29 Å². The van der Waals surface area contributed by atoms with E-state index in [1.54, 1.807) is 0 Å². The van der Waals surface area contributed by atoms with Crippen LogP contribution in [0.25, 0.3) is 0 Å². The van der Waals surface area contributed by atoms with E-state index in [1.807, 2.05) is 6.92 Å². The molecule has 5 aliphatic carbocycles. The predicted molar refractivity (Wildman–Crippen MR) is 198 cm³/mol. The van der Waals surface area contributed by atoms with Crippen LogP contribution in [0.2, 0.25) is 0 Å². The van der Waals surface area contributed by atoms with Crippen LogP contribution in [0.3, 0.4) is 0 Å². The fourth-order valence-corrected chi connectivity index (χ4v) is 13.4. The number of hydrogen-bond donors (Lipinski definition) is 8. The second-order valence-corrected chi connectivity index (χ2v) is 20.3. The molecule has 2 saturated heterocycles. The van der Waals surface area contributed by atoms with Crippen LogP contribution in [0.1, 0.15) is 106 Å². The van der Waals surface area contributed by atoms with Gasteiger partial charge in [0.15, 0.2) is 6.29 Å². The van der Waals surface area contributed by atoms with Crippen molar-refractivity contribution in [2.45, 2.75) is 173 Å². The number of aliphatic hydroxyl groups excluding tert-OH is 8. The Balaban J connectivity index is 1.17. The smallest absolute Gasteiger partial charge is 0.315 e. The van der Waals surface area contributed by atoms with Gasteiger partial charge in [-0.05, 0) is 104 Å². The van der Waals surface area contributed by atoms with E-state index in [0.29, 0.717) is 19.3 Å². The van der Waals surface area contributed by atoms with Gasteiger partial charge in [-0.3, -0.25) is 4.79 Å². The zero-order valence-electron chi connectivity index (χ0n) is 33.8. The molecule has 0 aromatic heterocycles.